The van der Waals surface area contributed by atoms with E-state index in [1.54, 1.807) is 14.2 Å². The number of fused-ring (bicyclic) bond motifs is 1. The Morgan fingerprint density at radius 3 is 2.31 bits per heavy atom. The van der Waals surface area contributed by atoms with Crippen molar-refractivity contribution in [3.8, 4) is 22.6 Å². The molecule has 6 nitrogen and oxygen atoms in total. The predicted molar refractivity (Wildman–Crippen MR) is 138 cm³/mol. The van der Waals surface area contributed by atoms with Gasteiger partial charge in [-0.2, -0.15) is 0 Å². The van der Waals surface area contributed by atoms with E-state index in [0.717, 1.165) is 51.1 Å². The number of benzene rings is 3. The molecule has 0 aromatic heterocycles. The second kappa shape index (κ2) is 12.0. The van der Waals surface area contributed by atoms with Crippen LogP contribution in [0, 0.1) is 0 Å². The second-order valence-electron chi connectivity index (χ2n) is 9.04. The molecule has 186 valence electrons. The highest BCUT2D eigenvalue weighted by molar-refractivity contribution is 6.01. The minimum Gasteiger partial charge on any atom is -0.496 e. The first-order valence-corrected chi connectivity index (χ1v) is 12.4. The molecule has 0 aliphatic carbocycles. The van der Waals surface area contributed by atoms with Gasteiger partial charge in [0.05, 0.1) is 33.0 Å². The molecule has 3 aromatic rings. The molecule has 0 spiro atoms. The maximum absolute atomic E-state index is 11.1. The van der Waals surface area contributed by atoms with E-state index in [-0.39, 0.29) is 6.42 Å². The monoisotopic (exact) mass is 477 g/mol. The number of piperidine rings is 1. The molecule has 0 atom stereocenters. The summed E-state index contributed by atoms with van der Waals surface area (Å²) in [6.45, 7) is 4.50. The average molecular weight is 478 g/mol. The zero-order chi connectivity index (χ0) is 24.6. The van der Waals surface area contributed by atoms with Gasteiger partial charge in [-0.05, 0) is 71.9 Å². The molecule has 0 bridgehead atoms. The van der Waals surface area contributed by atoms with Gasteiger partial charge in [-0.1, -0.05) is 42.8 Å². The largest absolute Gasteiger partial charge is 0.496 e. The van der Waals surface area contributed by atoms with E-state index < -0.39 is 5.97 Å². The van der Waals surface area contributed by atoms with Crippen molar-refractivity contribution in [2.24, 2.45) is 0 Å². The maximum atomic E-state index is 11.1. The fourth-order valence-electron chi connectivity index (χ4n) is 4.93. The van der Waals surface area contributed by atoms with Crippen LogP contribution in [0.25, 0.3) is 21.9 Å². The molecule has 1 fully saturated rings. The van der Waals surface area contributed by atoms with E-state index in [0.29, 0.717) is 19.6 Å². The third kappa shape index (κ3) is 6.13. The fraction of sp³-hybridized carbons (Fsp3) is 0.414. The van der Waals surface area contributed by atoms with Crippen molar-refractivity contribution in [1.29, 1.82) is 0 Å². The molecule has 0 amide bonds. The van der Waals surface area contributed by atoms with E-state index in [1.165, 1.54) is 32.4 Å². The number of nitrogens with zero attached hydrogens (tertiary/aromatic N) is 1. The first-order chi connectivity index (χ1) is 17.1. The van der Waals surface area contributed by atoms with E-state index in [2.05, 4.69) is 17.0 Å². The van der Waals surface area contributed by atoms with Crippen LogP contribution in [0.5, 0.6) is 11.5 Å². The van der Waals surface area contributed by atoms with Gasteiger partial charge in [0, 0.05) is 13.0 Å². The van der Waals surface area contributed by atoms with Crippen LogP contribution in [0.4, 0.5) is 0 Å². The number of aryl methyl sites for hydroxylation is 1. The first-order valence-electron chi connectivity index (χ1n) is 12.4. The first kappa shape index (κ1) is 25.0. The quantitative estimate of drug-likeness (QED) is 0.366. The topological polar surface area (TPSA) is 68.2 Å². The van der Waals surface area contributed by atoms with Crippen molar-refractivity contribution in [3.05, 3.63) is 59.7 Å². The lowest BCUT2D eigenvalue weighted by atomic mass is 9.92. The third-order valence-electron chi connectivity index (χ3n) is 6.72. The lowest BCUT2D eigenvalue weighted by Crippen LogP contribution is -2.32. The van der Waals surface area contributed by atoms with Gasteiger partial charge in [0.2, 0.25) is 0 Å². The zero-order valence-electron chi connectivity index (χ0n) is 20.7. The van der Waals surface area contributed by atoms with Gasteiger partial charge in [0.25, 0.3) is 0 Å². The molecule has 1 saturated heterocycles. The minimum atomic E-state index is -0.796. The number of carbonyl (C=O) groups is 1. The van der Waals surface area contributed by atoms with Crippen molar-refractivity contribution < 1.29 is 24.1 Å². The number of hydrogen-bond acceptors (Lipinski definition) is 5. The summed E-state index contributed by atoms with van der Waals surface area (Å²) in [7, 11) is 3.34. The molecule has 1 aliphatic heterocycles. The van der Waals surface area contributed by atoms with Crippen LogP contribution >= 0.6 is 0 Å². The van der Waals surface area contributed by atoms with E-state index in [4.69, 9.17) is 19.3 Å². The predicted octanol–water partition coefficient (Wildman–Crippen LogP) is 5.54. The number of carboxylic acids is 1. The normalized spacial score (nSPS) is 14.2. The number of rotatable bonds is 11. The van der Waals surface area contributed by atoms with Gasteiger partial charge in [0.1, 0.15) is 11.5 Å². The second-order valence-corrected chi connectivity index (χ2v) is 9.04. The molecular formula is C29H35NO5. The molecule has 0 saturated carbocycles. The van der Waals surface area contributed by atoms with Crippen LogP contribution in [0.3, 0.4) is 0 Å². The van der Waals surface area contributed by atoms with Gasteiger partial charge in [-0.3, -0.25) is 4.79 Å². The summed E-state index contributed by atoms with van der Waals surface area (Å²) in [6, 6.07) is 16.2. The van der Waals surface area contributed by atoms with Gasteiger partial charge < -0.3 is 24.2 Å². The Balaban J connectivity index is 1.59. The Labute approximate surface area is 207 Å². The van der Waals surface area contributed by atoms with Crippen molar-refractivity contribution in [2.75, 3.05) is 40.5 Å². The van der Waals surface area contributed by atoms with Crippen molar-refractivity contribution in [1.82, 2.24) is 4.90 Å². The summed E-state index contributed by atoms with van der Waals surface area (Å²) in [5.74, 6) is 0.653. The molecule has 4 rings (SSSR count). The molecule has 1 heterocycles. The van der Waals surface area contributed by atoms with Crippen molar-refractivity contribution in [2.45, 2.75) is 38.7 Å². The summed E-state index contributed by atoms with van der Waals surface area (Å²) in [5, 5.41) is 11.2. The van der Waals surface area contributed by atoms with E-state index in [1.807, 2.05) is 36.4 Å². The van der Waals surface area contributed by atoms with Crippen molar-refractivity contribution >= 4 is 16.7 Å². The minimum absolute atomic E-state index is 0.0996. The van der Waals surface area contributed by atoms with Crippen LogP contribution in [0.1, 0.15) is 36.8 Å². The summed E-state index contributed by atoms with van der Waals surface area (Å²) in [6.07, 6.45) is 4.49. The lowest BCUT2D eigenvalue weighted by Gasteiger charge is -2.26. The van der Waals surface area contributed by atoms with Crippen LogP contribution < -0.4 is 9.47 Å². The van der Waals surface area contributed by atoms with Crippen LogP contribution in [0.2, 0.25) is 0 Å². The average Bonchev–Trinajstić information content (AvgIpc) is 2.89. The molecule has 6 heteroatoms. The van der Waals surface area contributed by atoms with Crippen molar-refractivity contribution in [3.63, 3.8) is 0 Å². The molecule has 1 aliphatic rings. The smallest absolute Gasteiger partial charge is 0.303 e. The zero-order valence-corrected chi connectivity index (χ0v) is 20.7. The van der Waals surface area contributed by atoms with E-state index in [9.17, 15) is 4.79 Å². The fourth-order valence-corrected chi connectivity index (χ4v) is 4.93. The number of carboxylic acid groups (broad SMARTS) is 1. The van der Waals surface area contributed by atoms with Gasteiger partial charge in [0.15, 0.2) is 0 Å². The van der Waals surface area contributed by atoms with Gasteiger partial charge >= 0.3 is 5.97 Å². The maximum Gasteiger partial charge on any atom is 0.303 e. The standard InChI is InChI=1S/C29H35NO5/c1-33-26-18-21(20-35-17-16-30-14-4-3-5-15-30)19-27(34-2)29(26)25-11-7-9-23-22(12-13-28(31)32)8-6-10-24(23)25/h6-11,18-19H,3-5,12-17,20H2,1-2H3,(H,31,32). The molecule has 0 unspecified atom stereocenters. The van der Waals surface area contributed by atoms with Crippen LogP contribution in [-0.2, 0) is 22.6 Å². The molecular weight excluding hydrogens is 442 g/mol. The van der Waals surface area contributed by atoms with Crippen LogP contribution in [-0.4, -0.2) is 56.4 Å². The van der Waals surface area contributed by atoms with E-state index >= 15 is 0 Å². The highest BCUT2D eigenvalue weighted by Crippen LogP contribution is 2.43. The summed E-state index contributed by atoms with van der Waals surface area (Å²) >= 11 is 0. The van der Waals surface area contributed by atoms with Gasteiger partial charge in [-0.25, -0.2) is 0 Å². The molecule has 1 N–H and O–H groups in total. The lowest BCUT2D eigenvalue weighted by molar-refractivity contribution is -0.136. The Morgan fingerprint density at radius 2 is 1.63 bits per heavy atom. The number of likely N-dealkylation sites (tertiary alicyclic amines) is 1. The highest BCUT2D eigenvalue weighted by atomic mass is 16.5. The summed E-state index contributed by atoms with van der Waals surface area (Å²) < 4.78 is 17.6. The Kier molecular flexibility index (Phi) is 8.61. The number of ether oxygens (including phenoxy) is 3. The Hall–Kier alpha value is -3.09. The SMILES string of the molecule is COc1cc(COCCN2CCCCC2)cc(OC)c1-c1cccc2c(CCC(=O)O)cccc12. The third-order valence-corrected chi connectivity index (χ3v) is 6.72. The Morgan fingerprint density at radius 1 is 0.943 bits per heavy atom. The van der Waals surface area contributed by atoms with Gasteiger partial charge in [-0.15, -0.1) is 0 Å². The summed E-state index contributed by atoms with van der Waals surface area (Å²) in [5.41, 5.74) is 3.89. The molecule has 35 heavy (non-hydrogen) atoms. The van der Waals surface area contributed by atoms with Crippen LogP contribution in [0.15, 0.2) is 48.5 Å². The summed E-state index contributed by atoms with van der Waals surface area (Å²) in [4.78, 5) is 13.6. The molecule has 3 aromatic carbocycles. The number of hydrogen-bond donors (Lipinski definition) is 1. The Bertz CT molecular complexity index is 1130. The number of methoxy groups -OCH3 is 2. The highest BCUT2D eigenvalue weighted by Gasteiger charge is 2.18. The molecule has 0 radical (unpaired) electrons. The number of aliphatic carboxylic acids is 1.